The molecule has 6 rings (SSSR count). The van der Waals surface area contributed by atoms with Crippen molar-refractivity contribution in [2.75, 3.05) is 19.8 Å². The van der Waals surface area contributed by atoms with Crippen LogP contribution < -0.4 is 9.47 Å². The second kappa shape index (κ2) is 8.66. The lowest BCUT2D eigenvalue weighted by molar-refractivity contribution is 0.0273. The number of fused-ring (bicyclic) bond motifs is 2. The molecule has 10 heteroatoms. The normalized spacial score (nSPS) is 22.0. The Bertz CT molecular complexity index is 1240. The predicted octanol–water partition coefficient (Wildman–Crippen LogP) is 3.49. The van der Waals surface area contributed by atoms with Gasteiger partial charge in [-0.05, 0) is 42.8 Å². The van der Waals surface area contributed by atoms with Gasteiger partial charge < -0.3 is 23.9 Å². The number of benzene rings is 1. The van der Waals surface area contributed by atoms with Gasteiger partial charge in [-0.2, -0.15) is 10.1 Å². The molecule has 0 aliphatic carbocycles. The highest BCUT2D eigenvalue weighted by molar-refractivity contribution is 6.33. The van der Waals surface area contributed by atoms with Crippen LogP contribution >= 0.6 is 11.6 Å². The zero-order valence-electron chi connectivity index (χ0n) is 17.7. The second-order valence-electron chi connectivity index (χ2n) is 8.03. The molecule has 2 aliphatic rings. The molecule has 1 aromatic carbocycles. The van der Waals surface area contributed by atoms with Crippen LogP contribution in [0.1, 0.15) is 6.42 Å². The number of nitrogens with zero attached hydrogens (tertiary/aromatic N) is 4. The van der Waals surface area contributed by atoms with Crippen molar-refractivity contribution in [1.29, 1.82) is 0 Å². The van der Waals surface area contributed by atoms with Crippen molar-refractivity contribution in [3.63, 3.8) is 0 Å². The smallest absolute Gasteiger partial charge is 0.296 e. The average molecular weight is 468 g/mol. The van der Waals surface area contributed by atoms with Gasteiger partial charge in [-0.1, -0.05) is 11.6 Å². The number of pyridine rings is 1. The van der Waals surface area contributed by atoms with Gasteiger partial charge in [0.25, 0.3) is 6.01 Å². The fourth-order valence-corrected chi connectivity index (χ4v) is 4.49. The molecule has 0 saturated carbocycles. The molecule has 3 unspecified atom stereocenters. The number of hydrogen-bond acceptors (Lipinski definition) is 7. The van der Waals surface area contributed by atoms with E-state index in [4.69, 9.17) is 30.5 Å². The SMILES string of the molecule is Clc1cc2[nH]c(OC3COC4CCOC43)nc2nc1-c1ccc(OCCn2cccn2)cc1. The monoisotopic (exact) mass is 467 g/mol. The number of rotatable bonds is 7. The minimum absolute atomic E-state index is 0.0504. The first-order valence-corrected chi connectivity index (χ1v) is 11.3. The predicted molar refractivity (Wildman–Crippen MR) is 121 cm³/mol. The van der Waals surface area contributed by atoms with Crippen LogP contribution in [0.5, 0.6) is 11.8 Å². The molecule has 4 aromatic rings. The number of imidazole rings is 1. The molecule has 2 saturated heterocycles. The Morgan fingerprint density at radius 1 is 1.18 bits per heavy atom. The number of aromatic nitrogens is 5. The maximum atomic E-state index is 6.54. The molecule has 0 bridgehead atoms. The van der Waals surface area contributed by atoms with Crippen LogP contribution in [0.3, 0.4) is 0 Å². The Kier molecular flexibility index (Phi) is 5.37. The van der Waals surface area contributed by atoms with E-state index in [0.29, 0.717) is 54.3 Å². The molecule has 170 valence electrons. The molecule has 33 heavy (non-hydrogen) atoms. The number of ether oxygens (including phenoxy) is 4. The molecule has 5 heterocycles. The summed E-state index contributed by atoms with van der Waals surface area (Å²) in [6.07, 6.45) is 4.43. The maximum absolute atomic E-state index is 6.54. The van der Waals surface area contributed by atoms with Gasteiger partial charge in [-0.15, -0.1) is 0 Å². The standard InChI is InChI=1S/C23H22ClN5O4/c24-16-12-17-22(28-23(26-17)33-19-13-32-18-6-10-31-21(18)19)27-20(16)14-2-4-15(5-3-14)30-11-9-29-8-1-7-25-29/h1-5,7-8,12,18-19,21H,6,9-11,13H2,(H,26,27,28). The fourth-order valence-electron chi connectivity index (χ4n) is 4.23. The van der Waals surface area contributed by atoms with Crippen LogP contribution in [0.15, 0.2) is 48.8 Å². The quantitative estimate of drug-likeness (QED) is 0.444. The van der Waals surface area contributed by atoms with Crippen molar-refractivity contribution in [2.45, 2.75) is 31.3 Å². The Morgan fingerprint density at radius 2 is 2.09 bits per heavy atom. The highest BCUT2D eigenvalue weighted by Gasteiger charge is 2.43. The van der Waals surface area contributed by atoms with Gasteiger partial charge in [0.05, 0.1) is 35.5 Å². The summed E-state index contributed by atoms with van der Waals surface area (Å²) in [7, 11) is 0. The zero-order chi connectivity index (χ0) is 22.2. The number of hydrogen-bond donors (Lipinski definition) is 1. The molecule has 9 nitrogen and oxygen atoms in total. The zero-order valence-corrected chi connectivity index (χ0v) is 18.4. The van der Waals surface area contributed by atoms with E-state index >= 15 is 0 Å². The van der Waals surface area contributed by atoms with Gasteiger partial charge in [-0.25, -0.2) is 4.98 Å². The molecule has 1 N–H and O–H groups in total. The first-order valence-electron chi connectivity index (χ1n) is 10.9. The molecule has 0 spiro atoms. The van der Waals surface area contributed by atoms with Crippen molar-refractivity contribution in [3.05, 3.63) is 53.8 Å². The van der Waals surface area contributed by atoms with Crippen LogP contribution in [0.2, 0.25) is 5.02 Å². The van der Waals surface area contributed by atoms with Crippen LogP contribution in [0, 0.1) is 0 Å². The van der Waals surface area contributed by atoms with Gasteiger partial charge in [0.15, 0.2) is 11.8 Å². The van der Waals surface area contributed by atoms with Gasteiger partial charge >= 0.3 is 0 Å². The summed E-state index contributed by atoms with van der Waals surface area (Å²) in [4.78, 5) is 12.3. The van der Waals surface area contributed by atoms with Gasteiger partial charge in [0.2, 0.25) is 0 Å². The number of nitrogens with one attached hydrogen (secondary N) is 1. The Labute approximate surface area is 194 Å². The first kappa shape index (κ1) is 20.5. The van der Waals surface area contributed by atoms with Crippen molar-refractivity contribution in [1.82, 2.24) is 24.7 Å². The van der Waals surface area contributed by atoms with Gasteiger partial charge in [-0.3, -0.25) is 4.68 Å². The van der Waals surface area contributed by atoms with Crippen LogP contribution in [-0.4, -0.2) is 62.9 Å². The van der Waals surface area contributed by atoms with Crippen molar-refractivity contribution >= 4 is 22.8 Å². The molecule has 2 fully saturated rings. The Morgan fingerprint density at radius 3 is 2.94 bits per heavy atom. The summed E-state index contributed by atoms with van der Waals surface area (Å²) in [5, 5.41) is 4.69. The van der Waals surface area contributed by atoms with E-state index in [2.05, 4.69) is 20.1 Å². The largest absolute Gasteiger partial charge is 0.492 e. The maximum Gasteiger partial charge on any atom is 0.296 e. The van der Waals surface area contributed by atoms with E-state index in [1.54, 1.807) is 6.20 Å². The van der Waals surface area contributed by atoms with Crippen LogP contribution in [0.4, 0.5) is 0 Å². The molecule has 0 radical (unpaired) electrons. The van der Waals surface area contributed by atoms with E-state index < -0.39 is 0 Å². The van der Waals surface area contributed by atoms with E-state index in [1.165, 1.54) is 0 Å². The van der Waals surface area contributed by atoms with E-state index in [9.17, 15) is 0 Å². The topological polar surface area (TPSA) is 96.3 Å². The van der Waals surface area contributed by atoms with Crippen molar-refractivity contribution in [3.8, 4) is 23.0 Å². The van der Waals surface area contributed by atoms with Crippen molar-refractivity contribution < 1.29 is 18.9 Å². The fraction of sp³-hybridized carbons (Fsp3) is 0.348. The lowest BCUT2D eigenvalue weighted by Crippen LogP contribution is -2.32. The molecule has 3 atom stereocenters. The molecular formula is C23H22ClN5O4. The van der Waals surface area contributed by atoms with Gasteiger partial charge in [0.1, 0.15) is 18.5 Å². The number of H-pyrrole nitrogens is 1. The van der Waals surface area contributed by atoms with E-state index in [1.807, 2.05) is 47.3 Å². The third-order valence-corrected chi connectivity index (χ3v) is 6.15. The average Bonchev–Trinajstić information content (AvgIpc) is 3.60. The Balaban J connectivity index is 1.16. The Hall–Kier alpha value is -3.14. The molecular weight excluding hydrogens is 446 g/mol. The number of halogens is 1. The van der Waals surface area contributed by atoms with E-state index in [0.717, 1.165) is 17.7 Å². The summed E-state index contributed by atoms with van der Waals surface area (Å²) in [5.41, 5.74) is 2.76. The number of aromatic amines is 1. The summed E-state index contributed by atoms with van der Waals surface area (Å²) < 4.78 is 25.1. The minimum Gasteiger partial charge on any atom is -0.492 e. The summed E-state index contributed by atoms with van der Waals surface area (Å²) in [5.74, 6) is 0.768. The van der Waals surface area contributed by atoms with E-state index in [-0.39, 0.29) is 18.3 Å². The summed E-state index contributed by atoms with van der Waals surface area (Å²) in [6.45, 7) is 2.40. The lowest BCUT2D eigenvalue weighted by Gasteiger charge is -2.15. The third-order valence-electron chi connectivity index (χ3n) is 5.86. The highest BCUT2D eigenvalue weighted by atomic mass is 35.5. The van der Waals surface area contributed by atoms with Crippen molar-refractivity contribution in [2.24, 2.45) is 0 Å². The highest BCUT2D eigenvalue weighted by Crippen LogP contribution is 2.32. The summed E-state index contributed by atoms with van der Waals surface area (Å²) in [6, 6.07) is 11.8. The van der Waals surface area contributed by atoms with Crippen LogP contribution in [0.25, 0.3) is 22.4 Å². The molecule has 0 amide bonds. The minimum atomic E-state index is -0.186. The summed E-state index contributed by atoms with van der Waals surface area (Å²) >= 11 is 6.54. The lowest BCUT2D eigenvalue weighted by atomic mass is 10.1. The molecule has 3 aromatic heterocycles. The third kappa shape index (κ3) is 4.15. The molecule has 2 aliphatic heterocycles. The van der Waals surface area contributed by atoms with Gasteiger partial charge in [0, 0.05) is 24.6 Å². The second-order valence-corrected chi connectivity index (χ2v) is 8.43. The van der Waals surface area contributed by atoms with Crippen LogP contribution in [-0.2, 0) is 16.0 Å². The first-order chi connectivity index (χ1) is 16.2.